The fourth-order valence-electron chi connectivity index (χ4n) is 3.85. The van der Waals surface area contributed by atoms with Crippen molar-refractivity contribution < 1.29 is 14.3 Å². The van der Waals surface area contributed by atoms with Crippen molar-refractivity contribution in [2.45, 2.75) is 36.9 Å². The van der Waals surface area contributed by atoms with Gasteiger partial charge in [0.05, 0.1) is 5.56 Å². The molecular weight excluding hydrogens is 376 g/mol. The summed E-state index contributed by atoms with van der Waals surface area (Å²) in [4.78, 5) is 31.7. The van der Waals surface area contributed by atoms with Gasteiger partial charge in [0.15, 0.2) is 6.10 Å². The largest absolute Gasteiger partial charge is 0.451 e. The van der Waals surface area contributed by atoms with Gasteiger partial charge in [0, 0.05) is 30.1 Å². The van der Waals surface area contributed by atoms with Crippen LogP contribution in [0.25, 0.3) is 0 Å². The molecule has 0 amide bonds. The van der Waals surface area contributed by atoms with Gasteiger partial charge in [0.25, 0.3) is 0 Å². The highest BCUT2D eigenvalue weighted by molar-refractivity contribution is 6.33. The third kappa shape index (κ3) is 3.31. The lowest BCUT2D eigenvalue weighted by Gasteiger charge is -2.52. The summed E-state index contributed by atoms with van der Waals surface area (Å²) in [6.07, 6.45) is 10.5. The number of allylic oxidation sites excluding steroid dienone is 2. The molecule has 0 bridgehead atoms. The predicted molar refractivity (Wildman–Crippen MR) is 108 cm³/mol. The SMILES string of the molecule is CN1C=C(/C(Cl)=C\C=C/C2C=N2)[C@@]12CCC[C@@H](OC(=O)c1ccccc1)C2=O. The second kappa shape index (κ2) is 7.40. The van der Waals surface area contributed by atoms with Crippen LogP contribution in [0.5, 0.6) is 0 Å². The van der Waals surface area contributed by atoms with E-state index in [1.165, 1.54) is 0 Å². The predicted octanol–water partition coefficient (Wildman–Crippen LogP) is 3.67. The van der Waals surface area contributed by atoms with Gasteiger partial charge in [0.2, 0.25) is 5.78 Å². The second-order valence-corrected chi connectivity index (χ2v) is 7.63. The number of nitrogens with zero attached hydrogens (tertiary/aromatic N) is 2. The summed E-state index contributed by atoms with van der Waals surface area (Å²) in [5.41, 5.74) is 0.402. The van der Waals surface area contributed by atoms with Gasteiger partial charge in [-0.25, -0.2) is 4.79 Å². The molecular formula is C22H21ClN2O3. The molecule has 2 heterocycles. The van der Waals surface area contributed by atoms with E-state index in [9.17, 15) is 9.59 Å². The number of esters is 1. The number of carbonyl (C=O) groups excluding carboxylic acids is 2. The number of benzene rings is 1. The molecule has 1 fully saturated rings. The standard InChI is InChI=1S/C22H21ClN2O3/c1-25-14-17(18(23)10-5-9-16-13-24-16)22(25)12-6-11-19(20(22)26)28-21(27)15-7-3-2-4-8-15/h2-5,7-10,13-14,16,19H,6,11-12H2,1H3/b9-5-,18-10+/t16?,19-,22-/m1/s1. The first-order chi connectivity index (χ1) is 13.5. The highest BCUT2D eigenvalue weighted by atomic mass is 35.5. The normalized spacial score (nSPS) is 29.1. The summed E-state index contributed by atoms with van der Waals surface area (Å²) in [6, 6.07) is 8.91. The zero-order valence-electron chi connectivity index (χ0n) is 15.5. The molecule has 1 saturated carbocycles. The van der Waals surface area contributed by atoms with Gasteiger partial charge in [-0.2, -0.15) is 0 Å². The molecule has 0 saturated heterocycles. The third-order valence-electron chi connectivity index (χ3n) is 5.46. The van der Waals surface area contributed by atoms with E-state index < -0.39 is 17.6 Å². The maximum Gasteiger partial charge on any atom is 0.338 e. The van der Waals surface area contributed by atoms with Crippen LogP contribution in [-0.4, -0.2) is 47.6 Å². The summed E-state index contributed by atoms with van der Waals surface area (Å²) < 4.78 is 5.58. The van der Waals surface area contributed by atoms with Crippen molar-refractivity contribution in [1.29, 1.82) is 0 Å². The van der Waals surface area contributed by atoms with E-state index in [0.29, 0.717) is 23.4 Å². The van der Waals surface area contributed by atoms with Gasteiger partial charge >= 0.3 is 5.97 Å². The van der Waals surface area contributed by atoms with Gasteiger partial charge in [-0.1, -0.05) is 42.0 Å². The van der Waals surface area contributed by atoms with Gasteiger partial charge in [0.1, 0.15) is 11.6 Å². The van der Waals surface area contributed by atoms with Crippen molar-refractivity contribution in [1.82, 2.24) is 4.90 Å². The number of ether oxygens (including phenoxy) is 1. The first kappa shape index (κ1) is 18.7. The highest BCUT2D eigenvalue weighted by Gasteiger charge is 2.56. The number of halogens is 1. The van der Waals surface area contributed by atoms with Gasteiger partial charge in [-0.15, -0.1) is 0 Å². The number of carbonyl (C=O) groups is 2. The van der Waals surface area contributed by atoms with Crippen molar-refractivity contribution in [3.63, 3.8) is 0 Å². The zero-order valence-corrected chi connectivity index (χ0v) is 16.3. The number of aliphatic imine (C=N–C) groups is 1. The minimum absolute atomic E-state index is 0.107. The van der Waals surface area contributed by atoms with Crippen molar-refractivity contribution in [2.24, 2.45) is 4.99 Å². The summed E-state index contributed by atoms with van der Waals surface area (Å²) in [6.45, 7) is 0. The van der Waals surface area contributed by atoms with E-state index in [1.807, 2.05) is 42.6 Å². The summed E-state index contributed by atoms with van der Waals surface area (Å²) in [5.74, 6) is -0.582. The van der Waals surface area contributed by atoms with Crippen molar-refractivity contribution in [2.75, 3.05) is 7.05 Å². The van der Waals surface area contributed by atoms with Crippen molar-refractivity contribution in [3.8, 4) is 0 Å². The van der Waals surface area contributed by atoms with E-state index >= 15 is 0 Å². The molecule has 3 aliphatic rings. The molecule has 1 aliphatic carbocycles. The Labute approximate surface area is 169 Å². The van der Waals surface area contributed by atoms with Crippen LogP contribution in [0.2, 0.25) is 0 Å². The minimum atomic E-state index is -0.822. The summed E-state index contributed by atoms with van der Waals surface area (Å²) in [7, 11) is 1.86. The monoisotopic (exact) mass is 396 g/mol. The Bertz CT molecular complexity index is 913. The van der Waals surface area contributed by atoms with Gasteiger partial charge < -0.3 is 9.64 Å². The van der Waals surface area contributed by atoms with Crippen molar-refractivity contribution >= 4 is 29.6 Å². The van der Waals surface area contributed by atoms with E-state index in [0.717, 1.165) is 12.0 Å². The molecule has 2 aliphatic heterocycles. The molecule has 5 nitrogen and oxygen atoms in total. The Balaban J connectivity index is 1.51. The number of rotatable bonds is 5. The number of hydrogen-bond donors (Lipinski definition) is 0. The summed E-state index contributed by atoms with van der Waals surface area (Å²) >= 11 is 6.50. The van der Waals surface area contributed by atoms with Crippen LogP contribution in [0.3, 0.4) is 0 Å². The summed E-state index contributed by atoms with van der Waals surface area (Å²) in [5, 5.41) is 0.526. The molecule has 144 valence electrons. The Kier molecular flexibility index (Phi) is 4.94. The lowest BCUT2D eigenvalue weighted by molar-refractivity contribution is -0.141. The lowest BCUT2D eigenvalue weighted by atomic mass is 9.69. The molecule has 28 heavy (non-hydrogen) atoms. The zero-order chi connectivity index (χ0) is 19.7. The molecule has 4 rings (SSSR count). The average Bonchev–Trinajstić information content (AvgIpc) is 3.52. The Morgan fingerprint density at radius 1 is 1.36 bits per heavy atom. The molecule has 3 atom stereocenters. The van der Waals surface area contributed by atoms with E-state index in [4.69, 9.17) is 16.3 Å². The van der Waals surface area contributed by atoms with Crippen LogP contribution in [0.1, 0.15) is 29.6 Å². The average molecular weight is 397 g/mol. The number of ketones is 1. The Hall–Kier alpha value is -2.66. The molecule has 6 heteroatoms. The van der Waals surface area contributed by atoms with E-state index in [1.54, 1.807) is 30.3 Å². The topological polar surface area (TPSA) is 59.0 Å². The first-order valence-electron chi connectivity index (χ1n) is 9.35. The lowest BCUT2D eigenvalue weighted by Crippen LogP contribution is -2.64. The molecule has 1 spiro atoms. The fourth-order valence-corrected chi connectivity index (χ4v) is 4.13. The third-order valence-corrected chi connectivity index (χ3v) is 5.79. The van der Waals surface area contributed by atoms with E-state index in [2.05, 4.69) is 4.99 Å². The maximum atomic E-state index is 13.3. The minimum Gasteiger partial charge on any atom is -0.451 e. The molecule has 1 aromatic rings. The first-order valence-corrected chi connectivity index (χ1v) is 9.73. The maximum absolute atomic E-state index is 13.3. The number of likely N-dealkylation sites (N-methyl/N-ethyl adjacent to an activating group) is 1. The van der Waals surface area contributed by atoms with Crippen LogP contribution in [0, 0.1) is 0 Å². The smallest absolute Gasteiger partial charge is 0.338 e. The van der Waals surface area contributed by atoms with Crippen molar-refractivity contribution in [3.05, 3.63) is 70.9 Å². The quantitative estimate of drug-likeness (QED) is 0.563. The van der Waals surface area contributed by atoms with Crippen LogP contribution in [0.15, 0.2) is 70.4 Å². The van der Waals surface area contributed by atoms with Crippen LogP contribution >= 0.6 is 11.6 Å². The molecule has 0 aromatic heterocycles. The van der Waals surface area contributed by atoms with Crippen LogP contribution in [0.4, 0.5) is 0 Å². The molecule has 1 unspecified atom stereocenters. The molecule has 0 radical (unpaired) electrons. The van der Waals surface area contributed by atoms with Crippen LogP contribution in [-0.2, 0) is 9.53 Å². The van der Waals surface area contributed by atoms with Crippen LogP contribution < -0.4 is 0 Å². The van der Waals surface area contributed by atoms with E-state index in [-0.39, 0.29) is 11.8 Å². The highest BCUT2D eigenvalue weighted by Crippen LogP contribution is 2.47. The molecule has 0 N–H and O–H groups in total. The Morgan fingerprint density at radius 3 is 2.79 bits per heavy atom. The fraction of sp³-hybridized carbons (Fsp3) is 0.318. The number of hydrogen-bond acceptors (Lipinski definition) is 5. The number of Topliss-reactive ketones (excluding diaryl/α,β-unsaturated/α-hetero) is 1. The molecule has 1 aromatic carbocycles. The van der Waals surface area contributed by atoms with Gasteiger partial charge in [-0.3, -0.25) is 9.79 Å². The van der Waals surface area contributed by atoms with Gasteiger partial charge in [-0.05, 0) is 37.5 Å². The second-order valence-electron chi connectivity index (χ2n) is 7.22. The Morgan fingerprint density at radius 2 is 2.11 bits per heavy atom.